The molecule has 1 heterocycles. The first kappa shape index (κ1) is 12.1. The number of hydrogen-bond acceptors (Lipinski definition) is 3. The minimum Gasteiger partial charge on any atom is -0.493 e. The van der Waals surface area contributed by atoms with E-state index in [-0.39, 0.29) is 5.43 Å². The summed E-state index contributed by atoms with van der Waals surface area (Å²) in [5, 5.41) is 0.643. The van der Waals surface area contributed by atoms with Crippen molar-refractivity contribution in [1.29, 1.82) is 0 Å². The van der Waals surface area contributed by atoms with Crippen LogP contribution in [0.25, 0.3) is 10.9 Å². The van der Waals surface area contributed by atoms with Crippen molar-refractivity contribution in [1.82, 2.24) is 4.98 Å². The topological polar surface area (TPSA) is 51.3 Å². The smallest absolute Gasteiger partial charge is 0.189 e. The fourth-order valence-corrected chi connectivity index (χ4v) is 2.32. The van der Waals surface area contributed by atoms with E-state index in [4.69, 9.17) is 9.47 Å². The molecule has 19 heavy (non-hydrogen) atoms. The molecule has 3 rings (SSSR count). The lowest BCUT2D eigenvalue weighted by atomic mass is 10.1. The molecular formula is C15H17NO3. The van der Waals surface area contributed by atoms with Crippen LogP contribution >= 0.6 is 0 Å². The van der Waals surface area contributed by atoms with Gasteiger partial charge in [-0.25, -0.2) is 0 Å². The summed E-state index contributed by atoms with van der Waals surface area (Å²) in [6.45, 7) is 2.49. The molecule has 1 aliphatic carbocycles. The van der Waals surface area contributed by atoms with Crippen molar-refractivity contribution in [2.24, 2.45) is 0 Å². The number of methoxy groups -OCH3 is 1. The Morgan fingerprint density at radius 3 is 2.68 bits per heavy atom. The van der Waals surface area contributed by atoms with Gasteiger partial charge in [-0.15, -0.1) is 0 Å². The van der Waals surface area contributed by atoms with Gasteiger partial charge in [0.15, 0.2) is 16.9 Å². The van der Waals surface area contributed by atoms with E-state index in [1.54, 1.807) is 19.2 Å². The van der Waals surface area contributed by atoms with Gasteiger partial charge in [0, 0.05) is 23.2 Å². The summed E-state index contributed by atoms with van der Waals surface area (Å²) in [7, 11) is 1.58. The van der Waals surface area contributed by atoms with Gasteiger partial charge in [-0.2, -0.15) is 0 Å². The zero-order valence-electron chi connectivity index (χ0n) is 11.2. The van der Waals surface area contributed by atoms with Gasteiger partial charge in [0.1, 0.15) is 0 Å². The fourth-order valence-electron chi connectivity index (χ4n) is 2.32. The Morgan fingerprint density at radius 1 is 1.26 bits per heavy atom. The second-order valence-corrected chi connectivity index (χ2v) is 4.84. The van der Waals surface area contributed by atoms with Crippen molar-refractivity contribution in [3.05, 3.63) is 34.1 Å². The maximum absolute atomic E-state index is 12.2. The molecule has 0 unspecified atom stereocenters. The lowest BCUT2D eigenvalue weighted by molar-refractivity contribution is 0.311. The molecule has 2 aromatic rings. The van der Waals surface area contributed by atoms with Gasteiger partial charge in [0.25, 0.3) is 0 Å². The molecule has 0 aliphatic heterocycles. The lowest BCUT2D eigenvalue weighted by Crippen LogP contribution is -2.06. The number of H-pyrrole nitrogens is 1. The minimum absolute atomic E-state index is 0.0389. The minimum atomic E-state index is 0.0389. The first-order valence-electron chi connectivity index (χ1n) is 6.60. The van der Waals surface area contributed by atoms with Crippen molar-refractivity contribution < 1.29 is 9.47 Å². The van der Waals surface area contributed by atoms with E-state index < -0.39 is 0 Å². The number of hydrogen-bond donors (Lipinski definition) is 1. The Kier molecular flexibility index (Phi) is 2.93. The average Bonchev–Trinajstić information content (AvgIpc) is 3.22. The molecule has 0 amide bonds. The summed E-state index contributed by atoms with van der Waals surface area (Å²) in [6.07, 6.45) is 2.33. The van der Waals surface area contributed by atoms with Gasteiger partial charge < -0.3 is 14.5 Å². The molecule has 1 saturated carbocycles. The first-order valence-corrected chi connectivity index (χ1v) is 6.60. The second kappa shape index (κ2) is 4.61. The van der Waals surface area contributed by atoms with Gasteiger partial charge >= 0.3 is 0 Å². The van der Waals surface area contributed by atoms with Gasteiger partial charge in [0.05, 0.1) is 19.2 Å². The van der Waals surface area contributed by atoms with Crippen molar-refractivity contribution >= 4 is 10.9 Å². The summed E-state index contributed by atoms with van der Waals surface area (Å²) in [5.41, 5.74) is 1.89. The molecule has 1 aromatic carbocycles. The Hall–Kier alpha value is -1.97. The van der Waals surface area contributed by atoms with Crippen molar-refractivity contribution in [3.8, 4) is 11.5 Å². The third kappa shape index (κ3) is 2.18. The highest BCUT2D eigenvalue weighted by Gasteiger charge is 2.25. The number of fused-ring (bicyclic) bond motifs is 1. The highest BCUT2D eigenvalue weighted by molar-refractivity contribution is 5.82. The lowest BCUT2D eigenvalue weighted by Gasteiger charge is -2.11. The summed E-state index contributed by atoms with van der Waals surface area (Å²) in [6, 6.07) is 5.31. The van der Waals surface area contributed by atoms with Gasteiger partial charge in [-0.05, 0) is 31.7 Å². The van der Waals surface area contributed by atoms with Crippen LogP contribution in [-0.4, -0.2) is 18.7 Å². The predicted molar refractivity (Wildman–Crippen MR) is 74.3 cm³/mol. The molecule has 0 atom stereocenters. The van der Waals surface area contributed by atoms with E-state index in [9.17, 15) is 4.79 Å². The Labute approximate surface area is 111 Å². The summed E-state index contributed by atoms with van der Waals surface area (Å²) >= 11 is 0. The van der Waals surface area contributed by atoms with Crippen molar-refractivity contribution in [2.45, 2.75) is 25.7 Å². The van der Waals surface area contributed by atoms with E-state index >= 15 is 0 Å². The van der Waals surface area contributed by atoms with Gasteiger partial charge in [-0.3, -0.25) is 4.79 Å². The molecule has 0 saturated heterocycles. The molecular weight excluding hydrogens is 242 g/mol. The van der Waals surface area contributed by atoms with Crippen LogP contribution in [0.4, 0.5) is 0 Å². The Bertz CT molecular complexity index is 671. The van der Waals surface area contributed by atoms with E-state index in [2.05, 4.69) is 4.98 Å². The van der Waals surface area contributed by atoms with E-state index in [1.165, 1.54) is 0 Å². The largest absolute Gasteiger partial charge is 0.493 e. The SMILES string of the molecule is CCOc1cc2[nH]c(C3CC3)cc(=O)c2cc1OC. The third-order valence-corrected chi connectivity index (χ3v) is 3.45. The van der Waals surface area contributed by atoms with Crippen LogP contribution in [0.3, 0.4) is 0 Å². The number of ether oxygens (including phenoxy) is 2. The van der Waals surface area contributed by atoms with Gasteiger partial charge in [-0.1, -0.05) is 0 Å². The highest BCUT2D eigenvalue weighted by Crippen LogP contribution is 2.39. The van der Waals surface area contributed by atoms with Crippen LogP contribution in [0, 0.1) is 0 Å². The molecule has 1 aliphatic rings. The van der Waals surface area contributed by atoms with Crippen LogP contribution < -0.4 is 14.9 Å². The maximum atomic E-state index is 12.2. The van der Waals surface area contributed by atoms with Crippen LogP contribution in [0.15, 0.2) is 23.0 Å². The molecule has 1 N–H and O–H groups in total. The third-order valence-electron chi connectivity index (χ3n) is 3.45. The normalized spacial score (nSPS) is 14.6. The molecule has 1 fully saturated rings. The monoisotopic (exact) mass is 259 g/mol. The molecule has 0 spiro atoms. The van der Waals surface area contributed by atoms with Gasteiger partial charge in [0.2, 0.25) is 0 Å². The zero-order chi connectivity index (χ0) is 13.4. The fraction of sp³-hybridized carbons (Fsp3) is 0.400. The summed E-state index contributed by atoms with van der Waals surface area (Å²) in [4.78, 5) is 15.5. The van der Waals surface area contributed by atoms with Crippen LogP contribution in [0.1, 0.15) is 31.4 Å². The van der Waals surface area contributed by atoms with E-state index in [0.29, 0.717) is 29.4 Å². The number of rotatable bonds is 4. The van der Waals surface area contributed by atoms with Crippen LogP contribution in [-0.2, 0) is 0 Å². The quantitative estimate of drug-likeness (QED) is 0.918. The molecule has 100 valence electrons. The molecule has 4 nitrogen and oxygen atoms in total. The number of aromatic nitrogens is 1. The van der Waals surface area contributed by atoms with Crippen molar-refractivity contribution in [3.63, 3.8) is 0 Å². The number of aromatic amines is 1. The Morgan fingerprint density at radius 2 is 2.05 bits per heavy atom. The molecule has 1 aromatic heterocycles. The molecule has 4 heteroatoms. The highest BCUT2D eigenvalue weighted by atomic mass is 16.5. The number of nitrogens with one attached hydrogen (secondary N) is 1. The predicted octanol–water partition coefficient (Wildman–Crippen LogP) is 2.81. The van der Waals surface area contributed by atoms with Crippen LogP contribution in [0.2, 0.25) is 0 Å². The zero-order valence-corrected chi connectivity index (χ0v) is 11.2. The number of benzene rings is 1. The first-order chi connectivity index (χ1) is 9.22. The molecule has 0 bridgehead atoms. The Balaban J connectivity index is 2.20. The standard InChI is InChI=1S/C15H17NO3/c1-3-19-15-8-12-10(6-14(15)18-2)13(17)7-11(16-12)9-4-5-9/h6-9H,3-5H2,1-2H3,(H,16,17). The molecule has 0 radical (unpaired) electrons. The average molecular weight is 259 g/mol. The second-order valence-electron chi connectivity index (χ2n) is 4.84. The summed E-state index contributed by atoms with van der Waals surface area (Å²) < 4.78 is 10.8. The van der Waals surface area contributed by atoms with E-state index in [0.717, 1.165) is 24.1 Å². The summed E-state index contributed by atoms with van der Waals surface area (Å²) in [5.74, 6) is 1.79. The van der Waals surface area contributed by atoms with Crippen LogP contribution in [0.5, 0.6) is 11.5 Å². The van der Waals surface area contributed by atoms with E-state index in [1.807, 2.05) is 13.0 Å². The maximum Gasteiger partial charge on any atom is 0.189 e. The van der Waals surface area contributed by atoms with Crippen molar-refractivity contribution in [2.75, 3.05) is 13.7 Å². The number of pyridine rings is 1.